The van der Waals surface area contributed by atoms with Crippen LogP contribution in [0.25, 0.3) is 11.4 Å². The quantitative estimate of drug-likeness (QED) is 0.202. The summed E-state index contributed by atoms with van der Waals surface area (Å²) in [7, 11) is 0. The highest BCUT2D eigenvalue weighted by Crippen LogP contribution is 2.39. The molecule has 0 saturated carbocycles. The normalized spacial score (nSPS) is 11.4. The number of alkyl halides is 1. The van der Waals surface area contributed by atoms with Crippen LogP contribution in [-0.2, 0) is 12.0 Å². The highest BCUT2D eigenvalue weighted by atomic mass is 79.9. The first-order valence-corrected chi connectivity index (χ1v) is 12.1. The molecule has 0 fully saturated rings. The SMILES string of the molecule is BrCCc1cccc(-c2nnn(C(c3ccccc3)(c3ccccc3)c3ccccc3)n2)c1. The van der Waals surface area contributed by atoms with Crippen molar-refractivity contribution in [3.63, 3.8) is 0 Å². The maximum Gasteiger partial charge on any atom is 0.204 e. The molecule has 0 radical (unpaired) electrons. The van der Waals surface area contributed by atoms with Gasteiger partial charge in [0, 0.05) is 10.9 Å². The van der Waals surface area contributed by atoms with Crippen molar-refractivity contribution >= 4 is 15.9 Å². The zero-order valence-corrected chi connectivity index (χ0v) is 19.6. The Morgan fingerprint density at radius 2 is 1.21 bits per heavy atom. The molecule has 1 aromatic heterocycles. The second-order valence-corrected chi connectivity index (χ2v) is 8.64. The fraction of sp³-hybridized carbons (Fsp3) is 0.107. The van der Waals surface area contributed by atoms with Gasteiger partial charge in [0.2, 0.25) is 5.82 Å². The molecule has 0 amide bonds. The first-order chi connectivity index (χ1) is 16.3. The highest BCUT2D eigenvalue weighted by Gasteiger charge is 2.41. The Hall–Kier alpha value is -3.57. The third kappa shape index (κ3) is 4.00. The van der Waals surface area contributed by atoms with Gasteiger partial charge in [0.05, 0.1) is 0 Å². The van der Waals surface area contributed by atoms with E-state index in [0.717, 1.165) is 34.0 Å². The monoisotopic (exact) mass is 494 g/mol. The molecule has 1 heterocycles. The zero-order valence-electron chi connectivity index (χ0n) is 18.1. The fourth-order valence-electron chi connectivity index (χ4n) is 4.33. The summed E-state index contributed by atoms with van der Waals surface area (Å²) in [5, 5.41) is 15.0. The molecule has 0 N–H and O–H groups in total. The number of halogens is 1. The van der Waals surface area contributed by atoms with Gasteiger partial charge in [-0.05, 0) is 40.0 Å². The third-order valence-corrected chi connectivity index (χ3v) is 6.25. The number of hydrogen-bond donors (Lipinski definition) is 0. The lowest BCUT2D eigenvalue weighted by Gasteiger charge is -2.34. The molecule has 0 aliphatic rings. The Balaban J connectivity index is 1.75. The van der Waals surface area contributed by atoms with Crippen LogP contribution in [0.4, 0.5) is 0 Å². The van der Waals surface area contributed by atoms with E-state index in [1.165, 1.54) is 5.56 Å². The maximum atomic E-state index is 4.97. The van der Waals surface area contributed by atoms with Crippen molar-refractivity contribution in [3.05, 3.63) is 138 Å². The highest BCUT2D eigenvalue weighted by molar-refractivity contribution is 9.09. The molecule has 0 atom stereocenters. The van der Waals surface area contributed by atoms with Crippen molar-refractivity contribution in [2.45, 2.75) is 12.0 Å². The minimum absolute atomic E-state index is 0.610. The Bertz CT molecular complexity index is 1220. The summed E-state index contributed by atoms with van der Waals surface area (Å²) in [6, 6.07) is 39.5. The summed E-state index contributed by atoms with van der Waals surface area (Å²) < 4.78 is 0. The van der Waals surface area contributed by atoms with Gasteiger partial charge in [0.15, 0.2) is 5.54 Å². The van der Waals surface area contributed by atoms with E-state index in [4.69, 9.17) is 5.10 Å². The summed E-state index contributed by atoms with van der Waals surface area (Å²) in [5.74, 6) is 0.610. The summed E-state index contributed by atoms with van der Waals surface area (Å²) in [5.41, 5.74) is 4.64. The lowest BCUT2D eigenvalue weighted by Crippen LogP contribution is -2.39. The van der Waals surface area contributed by atoms with Crippen LogP contribution in [0.15, 0.2) is 115 Å². The van der Waals surface area contributed by atoms with E-state index in [1.807, 2.05) is 30.3 Å². The summed E-state index contributed by atoms with van der Waals surface area (Å²) in [6.45, 7) is 0. The van der Waals surface area contributed by atoms with Gasteiger partial charge in [-0.2, -0.15) is 0 Å². The van der Waals surface area contributed by atoms with Crippen molar-refractivity contribution in [2.24, 2.45) is 0 Å². The lowest BCUT2D eigenvalue weighted by molar-refractivity contribution is 0.396. The number of rotatable bonds is 7. The van der Waals surface area contributed by atoms with Crippen LogP contribution in [-0.4, -0.2) is 25.5 Å². The van der Waals surface area contributed by atoms with Crippen LogP contribution in [0, 0.1) is 0 Å². The Morgan fingerprint density at radius 3 is 1.73 bits per heavy atom. The predicted molar refractivity (Wildman–Crippen MR) is 135 cm³/mol. The average molecular weight is 495 g/mol. The molecule has 33 heavy (non-hydrogen) atoms. The van der Waals surface area contributed by atoms with E-state index in [0.29, 0.717) is 5.82 Å². The minimum Gasteiger partial charge on any atom is -0.144 e. The van der Waals surface area contributed by atoms with Gasteiger partial charge in [-0.3, -0.25) is 0 Å². The zero-order chi connectivity index (χ0) is 22.5. The first kappa shape index (κ1) is 21.3. The first-order valence-electron chi connectivity index (χ1n) is 10.9. The maximum absolute atomic E-state index is 4.97. The summed E-state index contributed by atoms with van der Waals surface area (Å²) >= 11 is 3.53. The number of benzene rings is 4. The minimum atomic E-state index is -0.761. The van der Waals surface area contributed by atoms with Gasteiger partial charge in [0.1, 0.15) is 0 Å². The molecule has 0 bridgehead atoms. The van der Waals surface area contributed by atoms with Crippen molar-refractivity contribution in [1.82, 2.24) is 20.2 Å². The Morgan fingerprint density at radius 1 is 0.667 bits per heavy atom. The predicted octanol–water partition coefficient (Wildman–Crippen LogP) is 6.12. The molecule has 5 heteroatoms. The number of aryl methyl sites for hydroxylation is 1. The summed E-state index contributed by atoms with van der Waals surface area (Å²) in [6.07, 6.45) is 0.948. The van der Waals surface area contributed by atoms with Crippen molar-refractivity contribution in [2.75, 3.05) is 5.33 Å². The van der Waals surface area contributed by atoms with Crippen LogP contribution in [0.5, 0.6) is 0 Å². The molecule has 0 aliphatic heterocycles. The average Bonchev–Trinajstić information content (AvgIpc) is 3.38. The van der Waals surface area contributed by atoms with Gasteiger partial charge >= 0.3 is 0 Å². The van der Waals surface area contributed by atoms with Gasteiger partial charge in [-0.15, -0.1) is 15.0 Å². The third-order valence-electron chi connectivity index (χ3n) is 5.86. The van der Waals surface area contributed by atoms with Gasteiger partial charge in [0.25, 0.3) is 0 Å². The molecule has 0 saturated heterocycles. The molecule has 5 aromatic rings. The molecule has 162 valence electrons. The van der Waals surface area contributed by atoms with E-state index in [2.05, 4.69) is 111 Å². The van der Waals surface area contributed by atoms with Crippen molar-refractivity contribution in [3.8, 4) is 11.4 Å². The molecule has 4 aromatic carbocycles. The van der Waals surface area contributed by atoms with E-state index in [-0.39, 0.29) is 0 Å². The van der Waals surface area contributed by atoms with Crippen molar-refractivity contribution in [1.29, 1.82) is 0 Å². The number of aromatic nitrogens is 4. The molecule has 0 unspecified atom stereocenters. The number of hydrogen-bond acceptors (Lipinski definition) is 3. The molecule has 4 nitrogen and oxygen atoms in total. The van der Waals surface area contributed by atoms with Gasteiger partial charge in [-0.25, -0.2) is 0 Å². The Labute approximate surface area is 202 Å². The van der Waals surface area contributed by atoms with Gasteiger partial charge < -0.3 is 0 Å². The van der Waals surface area contributed by atoms with E-state index in [9.17, 15) is 0 Å². The lowest BCUT2D eigenvalue weighted by atomic mass is 9.77. The second-order valence-electron chi connectivity index (χ2n) is 7.85. The second kappa shape index (κ2) is 9.51. The van der Waals surface area contributed by atoms with Crippen LogP contribution in [0.2, 0.25) is 0 Å². The Kier molecular flexibility index (Phi) is 6.13. The largest absolute Gasteiger partial charge is 0.204 e. The molecular formula is C28H23BrN4. The van der Waals surface area contributed by atoms with Crippen LogP contribution < -0.4 is 0 Å². The topological polar surface area (TPSA) is 43.6 Å². The molecule has 5 rings (SSSR count). The van der Waals surface area contributed by atoms with Crippen molar-refractivity contribution < 1.29 is 0 Å². The van der Waals surface area contributed by atoms with E-state index >= 15 is 0 Å². The molecular weight excluding hydrogens is 472 g/mol. The van der Waals surface area contributed by atoms with E-state index < -0.39 is 5.54 Å². The van der Waals surface area contributed by atoms with Gasteiger partial charge in [-0.1, -0.05) is 125 Å². The summed E-state index contributed by atoms with van der Waals surface area (Å²) in [4.78, 5) is 1.76. The van der Waals surface area contributed by atoms with Crippen LogP contribution >= 0.6 is 15.9 Å². The molecule has 0 aliphatic carbocycles. The molecule has 0 spiro atoms. The number of tetrazole rings is 1. The fourth-order valence-corrected chi connectivity index (χ4v) is 4.79. The van der Waals surface area contributed by atoms with E-state index in [1.54, 1.807) is 4.80 Å². The standard InChI is InChI=1S/C28H23BrN4/c29-20-19-22-11-10-12-23(21-22)27-30-32-33(31-27)28(24-13-4-1-5-14-24,25-15-6-2-7-16-25)26-17-8-3-9-18-26/h1-18,21H,19-20H2. The number of nitrogens with zero attached hydrogens (tertiary/aromatic N) is 4. The van der Waals surface area contributed by atoms with Crippen LogP contribution in [0.3, 0.4) is 0 Å². The smallest absolute Gasteiger partial charge is 0.144 e. The van der Waals surface area contributed by atoms with Crippen LogP contribution in [0.1, 0.15) is 22.3 Å².